The molecular formula is C14H26N4O. The van der Waals surface area contributed by atoms with Gasteiger partial charge in [0.2, 0.25) is 5.88 Å². The molecule has 19 heavy (non-hydrogen) atoms. The Morgan fingerprint density at radius 2 is 1.79 bits per heavy atom. The Morgan fingerprint density at radius 3 is 2.26 bits per heavy atom. The lowest BCUT2D eigenvalue weighted by molar-refractivity contribution is 0.234. The quantitative estimate of drug-likeness (QED) is 0.792. The van der Waals surface area contributed by atoms with Crippen LogP contribution < -0.4 is 15.8 Å². The van der Waals surface area contributed by atoms with Gasteiger partial charge in [-0.2, -0.15) is 4.98 Å². The topological polar surface area (TPSA) is 73.1 Å². The van der Waals surface area contributed by atoms with Crippen molar-refractivity contribution in [1.29, 1.82) is 0 Å². The van der Waals surface area contributed by atoms with Gasteiger partial charge in [-0.1, -0.05) is 20.8 Å². The van der Waals surface area contributed by atoms with Gasteiger partial charge < -0.3 is 15.8 Å². The van der Waals surface area contributed by atoms with Crippen molar-refractivity contribution < 1.29 is 4.74 Å². The summed E-state index contributed by atoms with van der Waals surface area (Å²) in [6.45, 7) is 10.4. The molecule has 0 aliphatic carbocycles. The van der Waals surface area contributed by atoms with Crippen molar-refractivity contribution >= 4 is 11.5 Å². The van der Waals surface area contributed by atoms with Crippen LogP contribution in [0.3, 0.4) is 0 Å². The Balaban J connectivity index is 3.01. The van der Waals surface area contributed by atoms with Crippen molar-refractivity contribution in [3.8, 4) is 5.88 Å². The average molecular weight is 266 g/mol. The van der Waals surface area contributed by atoms with Crippen LogP contribution in [0.5, 0.6) is 5.88 Å². The Morgan fingerprint density at radius 1 is 1.21 bits per heavy atom. The van der Waals surface area contributed by atoms with Gasteiger partial charge in [0.15, 0.2) is 5.82 Å². The number of nitrogen functional groups attached to an aromatic ring is 1. The van der Waals surface area contributed by atoms with E-state index in [-0.39, 0.29) is 11.6 Å². The number of aromatic nitrogens is 2. The predicted octanol–water partition coefficient (Wildman–Crippen LogP) is 3.23. The largest absolute Gasteiger partial charge is 0.473 e. The predicted molar refractivity (Wildman–Crippen MR) is 79.4 cm³/mol. The summed E-state index contributed by atoms with van der Waals surface area (Å²) in [6.07, 6.45) is 4.58. The van der Waals surface area contributed by atoms with Crippen molar-refractivity contribution in [2.45, 2.75) is 65.5 Å². The van der Waals surface area contributed by atoms with Crippen LogP contribution in [-0.4, -0.2) is 21.6 Å². The van der Waals surface area contributed by atoms with E-state index < -0.39 is 0 Å². The van der Waals surface area contributed by atoms with Crippen LogP contribution in [0.15, 0.2) is 6.33 Å². The molecule has 0 saturated carbocycles. The maximum atomic E-state index is 6.09. The number of anilines is 2. The highest BCUT2D eigenvalue weighted by Crippen LogP contribution is 2.31. The summed E-state index contributed by atoms with van der Waals surface area (Å²) in [7, 11) is 0. The number of ether oxygens (including phenoxy) is 1. The van der Waals surface area contributed by atoms with Crippen LogP contribution in [0, 0.1) is 0 Å². The zero-order valence-corrected chi connectivity index (χ0v) is 12.7. The SMILES string of the molecule is CCC(CC)(CC)Nc1ncnc(OC(C)C)c1N. The Labute approximate surface area is 116 Å². The molecule has 1 rings (SSSR count). The molecule has 5 nitrogen and oxygen atoms in total. The maximum absolute atomic E-state index is 6.09. The minimum atomic E-state index is 0.0254. The molecular weight excluding hydrogens is 240 g/mol. The van der Waals surface area contributed by atoms with E-state index in [0.29, 0.717) is 17.4 Å². The second kappa shape index (κ2) is 6.59. The molecule has 0 amide bonds. The Kier molecular flexibility index (Phi) is 5.39. The van der Waals surface area contributed by atoms with E-state index in [9.17, 15) is 0 Å². The average Bonchev–Trinajstić information content (AvgIpc) is 2.40. The summed E-state index contributed by atoms with van der Waals surface area (Å²) >= 11 is 0. The third kappa shape index (κ3) is 3.72. The zero-order valence-electron chi connectivity index (χ0n) is 12.7. The van der Waals surface area contributed by atoms with E-state index in [1.807, 2.05) is 13.8 Å². The number of hydrogen-bond acceptors (Lipinski definition) is 5. The molecule has 1 aromatic heterocycles. The maximum Gasteiger partial charge on any atom is 0.242 e. The first kappa shape index (κ1) is 15.5. The smallest absolute Gasteiger partial charge is 0.242 e. The van der Waals surface area contributed by atoms with Gasteiger partial charge in [-0.3, -0.25) is 0 Å². The number of nitrogens with one attached hydrogen (secondary N) is 1. The van der Waals surface area contributed by atoms with Crippen LogP contribution in [0.2, 0.25) is 0 Å². The third-order valence-electron chi connectivity index (χ3n) is 3.61. The molecule has 108 valence electrons. The molecule has 0 saturated heterocycles. The zero-order chi connectivity index (χ0) is 14.5. The van der Waals surface area contributed by atoms with E-state index in [0.717, 1.165) is 19.3 Å². The molecule has 0 fully saturated rings. The highest BCUT2D eigenvalue weighted by Gasteiger charge is 2.25. The van der Waals surface area contributed by atoms with Gasteiger partial charge in [0, 0.05) is 5.54 Å². The van der Waals surface area contributed by atoms with Crippen LogP contribution >= 0.6 is 0 Å². The molecule has 0 spiro atoms. The van der Waals surface area contributed by atoms with Gasteiger partial charge in [-0.15, -0.1) is 0 Å². The summed E-state index contributed by atoms with van der Waals surface area (Å²) in [5.41, 5.74) is 6.60. The van der Waals surface area contributed by atoms with Crippen LogP contribution in [0.1, 0.15) is 53.9 Å². The van der Waals surface area contributed by atoms with Gasteiger partial charge in [0.1, 0.15) is 12.0 Å². The third-order valence-corrected chi connectivity index (χ3v) is 3.61. The molecule has 0 aliphatic rings. The first-order valence-corrected chi connectivity index (χ1v) is 7.03. The van der Waals surface area contributed by atoms with Crippen LogP contribution in [-0.2, 0) is 0 Å². The molecule has 0 unspecified atom stereocenters. The molecule has 5 heteroatoms. The lowest BCUT2D eigenvalue weighted by Gasteiger charge is -2.32. The van der Waals surface area contributed by atoms with Gasteiger partial charge in [-0.05, 0) is 33.1 Å². The monoisotopic (exact) mass is 266 g/mol. The van der Waals surface area contributed by atoms with Crippen molar-refractivity contribution in [3.63, 3.8) is 0 Å². The summed E-state index contributed by atoms with van der Waals surface area (Å²) in [5.74, 6) is 1.11. The second-order valence-electron chi connectivity index (χ2n) is 5.07. The molecule has 3 N–H and O–H groups in total. The Hall–Kier alpha value is -1.52. The molecule has 0 aromatic carbocycles. The number of nitrogens with two attached hydrogens (primary N) is 1. The molecule has 0 radical (unpaired) electrons. The van der Waals surface area contributed by atoms with Crippen molar-refractivity contribution in [2.75, 3.05) is 11.1 Å². The molecule has 1 aromatic rings. The number of nitrogens with zero attached hydrogens (tertiary/aromatic N) is 2. The minimum absolute atomic E-state index is 0.0254. The van der Waals surface area contributed by atoms with E-state index in [4.69, 9.17) is 10.5 Å². The van der Waals surface area contributed by atoms with Crippen molar-refractivity contribution in [2.24, 2.45) is 0 Å². The standard InChI is InChI=1S/C14H26N4O/c1-6-14(7-2,8-3)18-12-11(15)13(17-9-16-12)19-10(4)5/h9-10H,6-8,15H2,1-5H3,(H,16,17,18). The molecule has 0 atom stereocenters. The minimum Gasteiger partial charge on any atom is -0.473 e. The van der Waals surface area contributed by atoms with E-state index >= 15 is 0 Å². The van der Waals surface area contributed by atoms with Gasteiger partial charge >= 0.3 is 0 Å². The van der Waals surface area contributed by atoms with Crippen LogP contribution in [0.4, 0.5) is 11.5 Å². The summed E-state index contributed by atoms with van der Waals surface area (Å²) in [4.78, 5) is 8.34. The highest BCUT2D eigenvalue weighted by atomic mass is 16.5. The first-order chi connectivity index (χ1) is 8.98. The lowest BCUT2D eigenvalue weighted by Crippen LogP contribution is -2.36. The molecule has 0 bridgehead atoms. The van der Waals surface area contributed by atoms with Gasteiger partial charge in [-0.25, -0.2) is 4.98 Å². The highest BCUT2D eigenvalue weighted by molar-refractivity contribution is 5.67. The fraction of sp³-hybridized carbons (Fsp3) is 0.714. The van der Waals surface area contributed by atoms with E-state index in [1.165, 1.54) is 6.33 Å². The lowest BCUT2D eigenvalue weighted by atomic mass is 9.90. The van der Waals surface area contributed by atoms with Gasteiger partial charge in [0.25, 0.3) is 0 Å². The van der Waals surface area contributed by atoms with E-state index in [1.54, 1.807) is 0 Å². The first-order valence-electron chi connectivity index (χ1n) is 7.03. The number of hydrogen-bond donors (Lipinski definition) is 2. The van der Waals surface area contributed by atoms with Crippen LogP contribution in [0.25, 0.3) is 0 Å². The molecule has 1 heterocycles. The summed E-state index contributed by atoms with van der Waals surface area (Å²) in [6, 6.07) is 0. The fourth-order valence-electron chi connectivity index (χ4n) is 2.06. The normalized spacial score (nSPS) is 11.7. The second-order valence-corrected chi connectivity index (χ2v) is 5.07. The molecule has 0 aliphatic heterocycles. The fourth-order valence-corrected chi connectivity index (χ4v) is 2.06. The van der Waals surface area contributed by atoms with Gasteiger partial charge in [0.05, 0.1) is 6.10 Å². The van der Waals surface area contributed by atoms with Crippen molar-refractivity contribution in [1.82, 2.24) is 9.97 Å². The number of rotatable bonds is 7. The Bertz CT molecular complexity index is 394. The summed E-state index contributed by atoms with van der Waals surface area (Å²) in [5, 5.41) is 3.47. The summed E-state index contributed by atoms with van der Waals surface area (Å²) < 4.78 is 5.58. The van der Waals surface area contributed by atoms with Crippen molar-refractivity contribution in [3.05, 3.63) is 6.33 Å². The van der Waals surface area contributed by atoms with E-state index in [2.05, 4.69) is 36.1 Å².